The normalized spacial score (nSPS) is 12.2. The SMILES string of the molecule is CP(C)(=O)c1cccc2cn[nH]c12. The van der Waals surface area contributed by atoms with Crippen LogP contribution in [0.4, 0.5) is 0 Å². The molecule has 1 N–H and O–H groups in total. The number of aromatic amines is 1. The molecule has 0 aliphatic rings. The summed E-state index contributed by atoms with van der Waals surface area (Å²) in [6, 6.07) is 5.76. The summed E-state index contributed by atoms with van der Waals surface area (Å²) in [6.45, 7) is 3.53. The van der Waals surface area contributed by atoms with E-state index in [1.807, 2.05) is 18.2 Å². The highest BCUT2D eigenvalue weighted by Gasteiger charge is 2.14. The summed E-state index contributed by atoms with van der Waals surface area (Å²) in [7, 11) is -2.20. The molecule has 0 aliphatic carbocycles. The average molecular weight is 194 g/mol. The van der Waals surface area contributed by atoms with Gasteiger partial charge in [0.1, 0.15) is 7.14 Å². The van der Waals surface area contributed by atoms with Gasteiger partial charge in [0.05, 0.1) is 11.7 Å². The zero-order valence-electron chi connectivity index (χ0n) is 7.61. The fourth-order valence-corrected chi connectivity index (χ4v) is 2.56. The van der Waals surface area contributed by atoms with Gasteiger partial charge in [0.2, 0.25) is 0 Å². The van der Waals surface area contributed by atoms with Crippen molar-refractivity contribution in [3.63, 3.8) is 0 Å². The molecule has 1 aromatic carbocycles. The van der Waals surface area contributed by atoms with Crippen molar-refractivity contribution in [2.75, 3.05) is 13.3 Å². The van der Waals surface area contributed by atoms with E-state index >= 15 is 0 Å². The monoisotopic (exact) mass is 194 g/mol. The molecule has 0 unspecified atom stereocenters. The van der Waals surface area contributed by atoms with Gasteiger partial charge in [-0.25, -0.2) is 0 Å². The number of benzene rings is 1. The van der Waals surface area contributed by atoms with Gasteiger partial charge in [-0.15, -0.1) is 0 Å². The van der Waals surface area contributed by atoms with E-state index in [0.717, 1.165) is 16.2 Å². The van der Waals surface area contributed by atoms with Gasteiger partial charge in [0, 0.05) is 10.7 Å². The van der Waals surface area contributed by atoms with Crippen molar-refractivity contribution >= 4 is 23.3 Å². The number of fused-ring (bicyclic) bond motifs is 1. The Bertz CT molecular complexity index is 483. The van der Waals surface area contributed by atoms with Crippen LogP contribution in [0.3, 0.4) is 0 Å². The zero-order valence-corrected chi connectivity index (χ0v) is 8.51. The molecular formula is C9H11N2OP. The predicted octanol–water partition coefficient (Wildman–Crippen LogP) is 1.81. The third kappa shape index (κ3) is 1.40. The van der Waals surface area contributed by atoms with E-state index < -0.39 is 7.14 Å². The van der Waals surface area contributed by atoms with Gasteiger partial charge in [0.25, 0.3) is 0 Å². The van der Waals surface area contributed by atoms with Crippen molar-refractivity contribution in [1.29, 1.82) is 0 Å². The van der Waals surface area contributed by atoms with Gasteiger partial charge in [-0.2, -0.15) is 5.10 Å². The Labute approximate surface area is 76.5 Å². The molecule has 1 heterocycles. The Morgan fingerprint density at radius 1 is 1.38 bits per heavy atom. The molecule has 0 saturated heterocycles. The molecule has 0 saturated carbocycles. The van der Waals surface area contributed by atoms with Gasteiger partial charge >= 0.3 is 0 Å². The first-order chi connectivity index (χ1) is 6.09. The molecule has 68 valence electrons. The summed E-state index contributed by atoms with van der Waals surface area (Å²) >= 11 is 0. The van der Waals surface area contributed by atoms with Crippen LogP contribution in [0.15, 0.2) is 24.4 Å². The minimum Gasteiger partial charge on any atom is -0.319 e. The molecule has 0 atom stereocenters. The number of aromatic nitrogens is 2. The highest BCUT2D eigenvalue weighted by Crippen LogP contribution is 2.36. The third-order valence-electron chi connectivity index (χ3n) is 2.03. The van der Waals surface area contributed by atoms with E-state index in [2.05, 4.69) is 10.2 Å². The fraction of sp³-hybridized carbons (Fsp3) is 0.222. The van der Waals surface area contributed by atoms with Crippen LogP contribution in [-0.4, -0.2) is 23.5 Å². The molecule has 4 heteroatoms. The zero-order chi connectivity index (χ0) is 9.47. The minimum atomic E-state index is -2.20. The van der Waals surface area contributed by atoms with Crippen LogP contribution in [0, 0.1) is 0 Å². The van der Waals surface area contributed by atoms with E-state index in [-0.39, 0.29) is 0 Å². The number of hydrogen-bond donors (Lipinski definition) is 1. The molecule has 2 aromatic rings. The summed E-state index contributed by atoms with van der Waals surface area (Å²) in [6.07, 6.45) is 1.74. The van der Waals surface area contributed by atoms with Gasteiger partial charge < -0.3 is 4.57 Å². The Balaban J connectivity index is 2.83. The van der Waals surface area contributed by atoms with Crippen LogP contribution < -0.4 is 5.30 Å². The standard InChI is InChI=1S/C9H11N2OP/c1-13(2,12)8-5-3-4-7-6-10-11-9(7)8/h3-6H,1-2H3,(H,10,11). The Morgan fingerprint density at radius 3 is 2.85 bits per heavy atom. The smallest absolute Gasteiger partial charge is 0.111 e. The van der Waals surface area contributed by atoms with E-state index in [4.69, 9.17) is 0 Å². The van der Waals surface area contributed by atoms with Crippen LogP contribution in [0.25, 0.3) is 10.9 Å². The van der Waals surface area contributed by atoms with Crippen LogP contribution >= 0.6 is 7.14 Å². The first-order valence-corrected chi connectivity index (χ1v) is 6.67. The van der Waals surface area contributed by atoms with Gasteiger partial charge in [-0.05, 0) is 19.4 Å². The molecule has 0 spiro atoms. The van der Waals surface area contributed by atoms with Crippen molar-refractivity contribution in [1.82, 2.24) is 10.2 Å². The molecule has 3 nitrogen and oxygen atoms in total. The Morgan fingerprint density at radius 2 is 2.15 bits per heavy atom. The van der Waals surface area contributed by atoms with E-state index in [1.165, 1.54) is 0 Å². The molecule has 0 aliphatic heterocycles. The number of H-pyrrole nitrogens is 1. The molecule has 0 amide bonds. The lowest BCUT2D eigenvalue weighted by molar-refractivity contribution is 0.588. The molecular weight excluding hydrogens is 183 g/mol. The molecule has 2 rings (SSSR count). The Hall–Kier alpha value is -1.08. The highest BCUT2D eigenvalue weighted by molar-refractivity contribution is 7.70. The predicted molar refractivity (Wildman–Crippen MR) is 55.2 cm³/mol. The van der Waals surface area contributed by atoms with Crippen molar-refractivity contribution < 1.29 is 4.57 Å². The van der Waals surface area contributed by atoms with E-state index in [1.54, 1.807) is 19.5 Å². The van der Waals surface area contributed by atoms with Crippen molar-refractivity contribution in [2.24, 2.45) is 0 Å². The average Bonchev–Trinajstić information content (AvgIpc) is 2.48. The van der Waals surface area contributed by atoms with Crippen LogP contribution in [0.5, 0.6) is 0 Å². The summed E-state index contributed by atoms with van der Waals surface area (Å²) < 4.78 is 11.9. The number of para-hydroxylation sites is 1. The van der Waals surface area contributed by atoms with Crippen molar-refractivity contribution in [3.8, 4) is 0 Å². The molecule has 0 fully saturated rings. The fourth-order valence-electron chi connectivity index (χ4n) is 1.40. The van der Waals surface area contributed by atoms with Crippen molar-refractivity contribution in [3.05, 3.63) is 24.4 Å². The lowest BCUT2D eigenvalue weighted by atomic mass is 10.3. The highest BCUT2D eigenvalue weighted by atomic mass is 31.2. The molecule has 1 aromatic heterocycles. The van der Waals surface area contributed by atoms with Gasteiger partial charge in [0.15, 0.2) is 0 Å². The Kier molecular flexibility index (Phi) is 1.77. The molecule has 0 bridgehead atoms. The lowest BCUT2D eigenvalue weighted by Crippen LogP contribution is -2.03. The van der Waals surface area contributed by atoms with Gasteiger partial charge in [-0.1, -0.05) is 12.1 Å². The maximum Gasteiger partial charge on any atom is 0.111 e. The number of rotatable bonds is 1. The largest absolute Gasteiger partial charge is 0.319 e. The first-order valence-electron chi connectivity index (χ1n) is 4.07. The number of nitrogens with one attached hydrogen (secondary N) is 1. The maximum absolute atomic E-state index is 11.9. The van der Waals surface area contributed by atoms with Gasteiger partial charge in [-0.3, -0.25) is 5.10 Å². The second-order valence-electron chi connectivity index (χ2n) is 3.46. The molecule has 13 heavy (non-hydrogen) atoms. The van der Waals surface area contributed by atoms with Crippen molar-refractivity contribution in [2.45, 2.75) is 0 Å². The van der Waals surface area contributed by atoms with Crippen LogP contribution in [-0.2, 0) is 4.57 Å². The van der Waals surface area contributed by atoms with E-state index in [9.17, 15) is 4.57 Å². The summed E-state index contributed by atoms with van der Waals surface area (Å²) in [5.74, 6) is 0. The first kappa shape index (κ1) is 8.52. The number of nitrogens with zero attached hydrogens (tertiary/aromatic N) is 1. The summed E-state index contributed by atoms with van der Waals surface area (Å²) in [4.78, 5) is 0. The topological polar surface area (TPSA) is 45.8 Å². The minimum absolute atomic E-state index is 0.877. The lowest BCUT2D eigenvalue weighted by Gasteiger charge is -2.06. The second-order valence-corrected chi connectivity index (χ2v) is 6.65. The maximum atomic E-state index is 11.9. The summed E-state index contributed by atoms with van der Waals surface area (Å²) in [5.41, 5.74) is 0.899. The summed E-state index contributed by atoms with van der Waals surface area (Å²) in [5, 5.41) is 8.69. The van der Waals surface area contributed by atoms with Crippen LogP contribution in [0.1, 0.15) is 0 Å². The van der Waals surface area contributed by atoms with E-state index in [0.29, 0.717) is 0 Å². The quantitative estimate of drug-likeness (QED) is 0.703. The second kappa shape index (κ2) is 2.71. The molecule has 0 radical (unpaired) electrons. The number of hydrogen-bond acceptors (Lipinski definition) is 2. The third-order valence-corrected chi connectivity index (χ3v) is 3.57. The van der Waals surface area contributed by atoms with Crippen LogP contribution in [0.2, 0.25) is 0 Å².